The van der Waals surface area contributed by atoms with Crippen LogP contribution in [0.3, 0.4) is 0 Å². The summed E-state index contributed by atoms with van der Waals surface area (Å²) in [4.78, 5) is 0. The fourth-order valence-electron chi connectivity index (χ4n) is 1.31. The molecule has 2 atom stereocenters. The van der Waals surface area contributed by atoms with Gasteiger partial charge in [-0.1, -0.05) is 13.8 Å². The summed E-state index contributed by atoms with van der Waals surface area (Å²) in [5, 5.41) is 12.7. The molecule has 3 heteroatoms. The summed E-state index contributed by atoms with van der Waals surface area (Å²) in [6.07, 6.45) is 0.524. The van der Waals surface area contributed by atoms with E-state index >= 15 is 0 Å². The van der Waals surface area contributed by atoms with Gasteiger partial charge in [0.15, 0.2) is 0 Å². The number of ether oxygens (including phenoxy) is 1. The van der Waals surface area contributed by atoms with Crippen molar-refractivity contribution in [2.45, 2.75) is 38.5 Å². The topological polar surface area (TPSA) is 41.5 Å². The minimum absolute atomic E-state index is 0.128. The van der Waals surface area contributed by atoms with Crippen LogP contribution in [0.15, 0.2) is 0 Å². The first-order valence-electron chi connectivity index (χ1n) is 4.22. The number of aliphatic hydroxyl groups excluding tert-OH is 1. The van der Waals surface area contributed by atoms with E-state index in [0.717, 1.165) is 6.42 Å². The van der Waals surface area contributed by atoms with Crippen molar-refractivity contribution in [3.05, 3.63) is 0 Å². The van der Waals surface area contributed by atoms with Gasteiger partial charge < -0.3 is 15.2 Å². The van der Waals surface area contributed by atoms with E-state index in [1.54, 1.807) is 0 Å². The second-order valence-electron chi connectivity index (χ2n) is 3.36. The number of rotatable bonds is 2. The van der Waals surface area contributed by atoms with Crippen LogP contribution in [-0.4, -0.2) is 36.5 Å². The van der Waals surface area contributed by atoms with Gasteiger partial charge in [0.1, 0.15) is 0 Å². The Labute approximate surface area is 67.7 Å². The summed E-state index contributed by atoms with van der Waals surface area (Å²) in [7, 11) is 0. The van der Waals surface area contributed by atoms with Gasteiger partial charge in [0, 0.05) is 12.6 Å². The van der Waals surface area contributed by atoms with Crippen LogP contribution < -0.4 is 5.32 Å². The molecular formula is C8H17NO2. The summed E-state index contributed by atoms with van der Waals surface area (Å²) in [6.45, 7) is 5.47. The van der Waals surface area contributed by atoms with Gasteiger partial charge in [0.2, 0.25) is 0 Å². The van der Waals surface area contributed by atoms with Crippen molar-refractivity contribution in [1.29, 1.82) is 0 Å². The molecular weight excluding hydrogens is 142 g/mol. The van der Waals surface area contributed by atoms with Gasteiger partial charge in [-0.05, 0) is 6.42 Å². The van der Waals surface area contributed by atoms with Crippen LogP contribution >= 0.6 is 0 Å². The Kier molecular flexibility index (Phi) is 3.30. The number of hydrogen-bond acceptors (Lipinski definition) is 3. The molecule has 1 fully saturated rings. The maximum Gasteiger partial charge on any atom is 0.0737 e. The van der Waals surface area contributed by atoms with Crippen LogP contribution in [0, 0.1) is 0 Å². The molecule has 0 radical (unpaired) electrons. The second-order valence-corrected chi connectivity index (χ2v) is 3.36. The van der Waals surface area contributed by atoms with Crippen molar-refractivity contribution in [2.75, 3.05) is 13.2 Å². The molecule has 1 heterocycles. The lowest BCUT2D eigenvalue weighted by molar-refractivity contribution is -0.0178. The first-order valence-corrected chi connectivity index (χ1v) is 4.22. The van der Waals surface area contributed by atoms with E-state index in [-0.39, 0.29) is 12.1 Å². The molecule has 0 unspecified atom stereocenters. The summed E-state index contributed by atoms with van der Waals surface area (Å²) >= 11 is 0. The molecule has 11 heavy (non-hydrogen) atoms. The molecule has 0 aromatic heterocycles. The molecule has 0 spiro atoms. The van der Waals surface area contributed by atoms with E-state index in [0.29, 0.717) is 19.3 Å². The molecule has 66 valence electrons. The summed E-state index contributed by atoms with van der Waals surface area (Å²) in [6, 6.07) is 0.542. The Hall–Kier alpha value is -0.120. The van der Waals surface area contributed by atoms with Gasteiger partial charge in [0.25, 0.3) is 0 Å². The Morgan fingerprint density at radius 2 is 2.27 bits per heavy atom. The first kappa shape index (κ1) is 8.97. The van der Waals surface area contributed by atoms with Crippen molar-refractivity contribution >= 4 is 0 Å². The van der Waals surface area contributed by atoms with Gasteiger partial charge in [-0.3, -0.25) is 0 Å². The average Bonchev–Trinajstić information content (AvgIpc) is 1.93. The molecule has 0 saturated carbocycles. The monoisotopic (exact) mass is 159 g/mol. The van der Waals surface area contributed by atoms with Crippen molar-refractivity contribution in [1.82, 2.24) is 5.32 Å². The maximum atomic E-state index is 9.48. The molecule has 1 rings (SSSR count). The molecule has 3 nitrogen and oxygen atoms in total. The molecule has 0 bridgehead atoms. The Morgan fingerprint density at radius 1 is 1.55 bits per heavy atom. The predicted molar refractivity (Wildman–Crippen MR) is 43.5 cm³/mol. The highest BCUT2D eigenvalue weighted by Crippen LogP contribution is 2.07. The number of nitrogens with one attached hydrogen (secondary N) is 1. The normalized spacial score (nSPS) is 32.7. The highest BCUT2D eigenvalue weighted by atomic mass is 16.5. The standard InChI is InChI=1S/C8H17NO2/c1-6(2)9-7-5-11-4-3-8(7)10/h6-10H,3-5H2,1-2H3/t7-,8-/m0/s1. The molecule has 2 N–H and O–H groups in total. The van der Waals surface area contributed by atoms with Gasteiger partial charge in [-0.2, -0.15) is 0 Å². The van der Waals surface area contributed by atoms with E-state index in [1.165, 1.54) is 0 Å². The lowest BCUT2D eigenvalue weighted by Crippen LogP contribution is -2.49. The second kappa shape index (κ2) is 4.04. The summed E-state index contributed by atoms with van der Waals surface area (Å²) in [5.74, 6) is 0. The SMILES string of the molecule is CC(C)N[C@H]1COCC[C@@H]1O. The van der Waals surface area contributed by atoms with Gasteiger partial charge in [-0.15, -0.1) is 0 Å². The van der Waals surface area contributed by atoms with Crippen LogP contribution in [0.5, 0.6) is 0 Å². The van der Waals surface area contributed by atoms with Gasteiger partial charge in [0.05, 0.1) is 18.8 Å². The van der Waals surface area contributed by atoms with Crippen LogP contribution in [-0.2, 0) is 4.74 Å². The maximum absolute atomic E-state index is 9.48. The third-order valence-corrected chi connectivity index (χ3v) is 1.87. The zero-order valence-electron chi connectivity index (χ0n) is 7.21. The van der Waals surface area contributed by atoms with E-state index in [1.807, 2.05) is 0 Å². The smallest absolute Gasteiger partial charge is 0.0737 e. The summed E-state index contributed by atoms with van der Waals surface area (Å²) in [5.41, 5.74) is 0. The molecule has 0 amide bonds. The minimum atomic E-state index is -0.230. The van der Waals surface area contributed by atoms with Crippen molar-refractivity contribution in [2.24, 2.45) is 0 Å². The quantitative estimate of drug-likeness (QED) is 0.602. The molecule has 0 aromatic rings. The number of aliphatic hydroxyl groups is 1. The lowest BCUT2D eigenvalue weighted by Gasteiger charge is -2.30. The molecule has 1 aliphatic rings. The third kappa shape index (κ3) is 2.77. The minimum Gasteiger partial charge on any atom is -0.391 e. The molecule has 1 saturated heterocycles. The number of hydrogen-bond donors (Lipinski definition) is 2. The van der Waals surface area contributed by atoms with Gasteiger partial charge >= 0.3 is 0 Å². The van der Waals surface area contributed by atoms with E-state index in [9.17, 15) is 5.11 Å². The Bertz CT molecular complexity index is 117. The van der Waals surface area contributed by atoms with Crippen LogP contribution in [0.1, 0.15) is 20.3 Å². The molecule has 0 aromatic carbocycles. The predicted octanol–water partition coefficient (Wildman–Crippen LogP) is 0.134. The Morgan fingerprint density at radius 3 is 2.82 bits per heavy atom. The summed E-state index contributed by atoms with van der Waals surface area (Å²) < 4.78 is 5.23. The fraction of sp³-hybridized carbons (Fsp3) is 1.00. The van der Waals surface area contributed by atoms with Crippen LogP contribution in [0.4, 0.5) is 0 Å². The largest absolute Gasteiger partial charge is 0.391 e. The fourth-order valence-corrected chi connectivity index (χ4v) is 1.31. The van der Waals surface area contributed by atoms with Gasteiger partial charge in [-0.25, -0.2) is 0 Å². The van der Waals surface area contributed by atoms with E-state index in [2.05, 4.69) is 19.2 Å². The molecule has 0 aliphatic carbocycles. The third-order valence-electron chi connectivity index (χ3n) is 1.87. The van der Waals surface area contributed by atoms with Crippen LogP contribution in [0.25, 0.3) is 0 Å². The van der Waals surface area contributed by atoms with Crippen LogP contribution in [0.2, 0.25) is 0 Å². The van der Waals surface area contributed by atoms with E-state index < -0.39 is 0 Å². The highest BCUT2D eigenvalue weighted by molar-refractivity contribution is 4.79. The zero-order valence-corrected chi connectivity index (χ0v) is 7.21. The van der Waals surface area contributed by atoms with Crippen molar-refractivity contribution in [3.8, 4) is 0 Å². The van der Waals surface area contributed by atoms with E-state index in [4.69, 9.17) is 4.74 Å². The Balaban J connectivity index is 2.29. The first-order chi connectivity index (χ1) is 5.20. The molecule has 1 aliphatic heterocycles. The lowest BCUT2D eigenvalue weighted by atomic mass is 10.1. The van der Waals surface area contributed by atoms with Crippen molar-refractivity contribution < 1.29 is 9.84 Å². The highest BCUT2D eigenvalue weighted by Gasteiger charge is 2.23. The van der Waals surface area contributed by atoms with Crippen molar-refractivity contribution in [3.63, 3.8) is 0 Å². The zero-order chi connectivity index (χ0) is 8.27. The average molecular weight is 159 g/mol.